The van der Waals surface area contributed by atoms with E-state index in [0.717, 1.165) is 18.4 Å². The predicted molar refractivity (Wildman–Crippen MR) is 105 cm³/mol. The van der Waals surface area contributed by atoms with Gasteiger partial charge in [-0.2, -0.15) is 5.26 Å². The fourth-order valence-electron chi connectivity index (χ4n) is 2.80. The minimum absolute atomic E-state index is 0.0927. The lowest BCUT2D eigenvalue weighted by Gasteiger charge is -2.34. The van der Waals surface area contributed by atoms with Crippen molar-refractivity contribution in [3.05, 3.63) is 35.5 Å². The molecule has 0 radical (unpaired) electrons. The minimum atomic E-state index is -0.508. The molecular weight excluding hydrogens is 342 g/mol. The Morgan fingerprint density at radius 3 is 2.74 bits per heavy atom. The summed E-state index contributed by atoms with van der Waals surface area (Å²) in [7, 11) is 3.85. The average molecular weight is 371 g/mol. The first kappa shape index (κ1) is 20.6. The maximum absolute atomic E-state index is 12.3. The fraction of sp³-hybridized carbons (Fsp3) is 0.524. The summed E-state index contributed by atoms with van der Waals surface area (Å²) in [5.41, 5.74) is 0.897. The van der Waals surface area contributed by atoms with E-state index >= 15 is 0 Å². The third-order valence-electron chi connectivity index (χ3n) is 4.03. The molecule has 146 valence electrons. The second-order valence-electron chi connectivity index (χ2n) is 7.95. The van der Waals surface area contributed by atoms with Crippen LogP contribution in [-0.4, -0.2) is 54.8 Å². The van der Waals surface area contributed by atoms with Crippen LogP contribution in [0.15, 0.2) is 24.4 Å². The molecule has 1 heterocycles. The third-order valence-corrected chi connectivity index (χ3v) is 4.03. The Labute approximate surface area is 162 Å². The molecule has 0 aliphatic carbocycles. The lowest BCUT2D eigenvalue weighted by atomic mass is 10.1. The third kappa shape index (κ3) is 6.52. The molecule has 1 aromatic rings. The van der Waals surface area contributed by atoms with Gasteiger partial charge in [0, 0.05) is 20.6 Å². The minimum Gasteiger partial charge on any atom is -0.489 e. The highest BCUT2D eigenvalue weighted by molar-refractivity contribution is 5.68. The number of amides is 1. The molecule has 1 fully saturated rings. The molecule has 1 aromatic carbocycles. The first-order valence-corrected chi connectivity index (χ1v) is 9.21. The second-order valence-corrected chi connectivity index (χ2v) is 7.95. The van der Waals surface area contributed by atoms with E-state index in [1.807, 2.05) is 58.1 Å². The van der Waals surface area contributed by atoms with Crippen molar-refractivity contribution in [2.24, 2.45) is 0 Å². The summed E-state index contributed by atoms with van der Waals surface area (Å²) in [6, 6.07) is 7.63. The highest BCUT2D eigenvalue weighted by Crippen LogP contribution is 2.23. The Bertz CT molecular complexity index is 729. The normalized spacial score (nSPS) is 17.5. The van der Waals surface area contributed by atoms with Gasteiger partial charge in [0.1, 0.15) is 17.5 Å². The largest absolute Gasteiger partial charge is 0.489 e. The van der Waals surface area contributed by atoms with E-state index in [2.05, 4.69) is 6.07 Å². The molecule has 6 heteroatoms. The monoisotopic (exact) mass is 371 g/mol. The number of ether oxygens (including phenoxy) is 2. The van der Waals surface area contributed by atoms with Gasteiger partial charge in [0.25, 0.3) is 0 Å². The van der Waals surface area contributed by atoms with Gasteiger partial charge < -0.3 is 19.3 Å². The molecule has 1 aliphatic heterocycles. The Morgan fingerprint density at radius 1 is 1.37 bits per heavy atom. The first-order chi connectivity index (χ1) is 12.7. The van der Waals surface area contributed by atoms with E-state index in [-0.39, 0.29) is 12.2 Å². The van der Waals surface area contributed by atoms with Crippen molar-refractivity contribution >= 4 is 12.2 Å². The number of nitriles is 1. The number of carbonyl (C=O) groups excluding carboxylic acids is 1. The molecule has 1 amide bonds. The van der Waals surface area contributed by atoms with Crippen molar-refractivity contribution in [2.45, 2.75) is 45.3 Å². The first-order valence-electron chi connectivity index (χ1n) is 9.21. The number of rotatable bonds is 4. The number of carbonyl (C=O) groups is 1. The smallest absolute Gasteiger partial charge is 0.410 e. The van der Waals surface area contributed by atoms with E-state index in [1.165, 1.54) is 0 Å². The van der Waals surface area contributed by atoms with E-state index < -0.39 is 5.60 Å². The molecule has 0 saturated carbocycles. The number of likely N-dealkylation sites (tertiary alicyclic amines) is 1. The van der Waals surface area contributed by atoms with Crippen LogP contribution in [0.3, 0.4) is 0 Å². The van der Waals surface area contributed by atoms with Crippen LogP contribution in [0.4, 0.5) is 4.79 Å². The zero-order valence-electron chi connectivity index (χ0n) is 16.9. The van der Waals surface area contributed by atoms with E-state index in [4.69, 9.17) is 9.47 Å². The number of hydrogen-bond acceptors (Lipinski definition) is 5. The summed E-state index contributed by atoms with van der Waals surface area (Å²) in [5.74, 6) is 0.698. The molecule has 2 rings (SSSR count). The van der Waals surface area contributed by atoms with Crippen LogP contribution in [0, 0.1) is 11.3 Å². The zero-order chi connectivity index (χ0) is 20.0. The molecule has 1 aliphatic rings. The van der Waals surface area contributed by atoms with Crippen molar-refractivity contribution in [1.82, 2.24) is 9.80 Å². The summed E-state index contributed by atoms with van der Waals surface area (Å²) in [6.07, 6.45) is 5.13. The standard InChI is InChI=1S/C21H29N3O3/c1-21(2,3)27-20(25)24-11-6-7-19(15-24)26-18-9-8-17(14-22)16(13-18)10-12-23(4)5/h8-10,12-13,19H,6-7,11,15H2,1-5H3/b12-10+. The maximum Gasteiger partial charge on any atom is 0.410 e. The van der Waals surface area contributed by atoms with Crippen LogP contribution >= 0.6 is 0 Å². The van der Waals surface area contributed by atoms with Crippen molar-refractivity contribution in [3.8, 4) is 11.8 Å². The van der Waals surface area contributed by atoms with Gasteiger partial charge in [-0.25, -0.2) is 4.79 Å². The van der Waals surface area contributed by atoms with E-state index in [9.17, 15) is 10.1 Å². The Kier molecular flexibility index (Phi) is 6.73. The van der Waals surface area contributed by atoms with Gasteiger partial charge in [0.2, 0.25) is 0 Å². The second kappa shape index (κ2) is 8.81. The van der Waals surface area contributed by atoms with Gasteiger partial charge in [0.05, 0.1) is 18.2 Å². The molecule has 0 N–H and O–H groups in total. The summed E-state index contributed by atoms with van der Waals surface area (Å²) in [4.78, 5) is 15.9. The molecule has 6 nitrogen and oxygen atoms in total. The molecule has 0 spiro atoms. The summed E-state index contributed by atoms with van der Waals surface area (Å²) >= 11 is 0. The van der Waals surface area contributed by atoms with Crippen LogP contribution in [0.25, 0.3) is 6.08 Å². The van der Waals surface area contributed by atoms with Crippen LogP contribution < -0.4 is 4.74 Å². The van der Waals surface area contributed by atoms with Gasteiger partial charge in [-0.15, -0.1) is 0 Å². The number of benzene rings is 1. The topological polar surface area (TPSA) is 65.8 Å². The maximum atomic E-state index is 12.3. The molecule has 1 saturated heterocycles. The van der Waals surface area contributed by atoms with Crippen molar-refractivity contribution in [1.29, 1.82) is 5.26 Å². The summed E-state index contributed by atoms with van der Waals surface area (Å²) in [5, 5.41) is 9.29. The molecular formula is C21H29N3O3. The number of hydrogen-bond donors (Lipinski definition) is 0. The number of piperidine rings is 1. The van der Waals surface area contributed by atoms with E-state index in [1.54, 1.807) is 17.0 Å². The quantitative estimate of drug-likeness (QED) is 0.804. The lowest BCUT2D eigenvalue weighted by molar-refractivity contribution is 0.00776. The van der Waals surface area contributed by atoms with Crippen molar-refractivity contribution in [2.75, 3.05) is 27.2 Å². The highest BCUT2D eigenvalue weighted by atomic mass is 16.6. The summed E-state index contributed by atoms with van der Waals surface area (Å²) < 4.78 is 11.6. The predicted octanol–water partition coefficient (Wildman–Crippen LogP) is 3.87. The lowest BCUT2D eigenvalue weighted by Crippen LogP contribution is -2.46. The van der Waals surface area contributed by atoms with Crippen molar-refractivity contribution in [3.63, 3.8) is 0 Å². The molecule has 0 bridgehead atoms. The van der Waals surface area contributed by atoms with Crippen LogP contribution in [0.1, 0.15) is 44.7 Å². The Morgan fingerprint density at radius 2 is 2.11 bits per heavy atom. The van der Waals surface area contributed by atoms with Crippen LogP contribution in [0.2, 0.25) is 0 Å². The van der Waals surface area contributed by atoms with Gasteiger partial charge in [0.15, 0.2) is 0 Å². The van der Waals surface area contributed by atoms with Gasteiger partial charge in [-0.3, -0.25) is 0 Å². The van der Waals surface area contributed by atoms with Gasteiger partial charge in [-0.05, 0) is 69.7 Å². The van der Waals surface area contributed by atoms with Crippen LogP contribution in [-0.2, 0) is 4.74 Å². The zero-order valence-corrected chi connectivity index (χ0v) is 16.9. The highest BCUT2D eigenvalue weighted by Gasteiger charge is 2.28. The van der Waals surface area contributed by atoms with Crippen molar-refractivity contribution < 1.29 is 14.3 Å². The SMILES string of the molecule is CN(C)/C=C/c1cc(OC2CCCN(C(=O)OC(C)(C)C)C2)ccc1C#N. The molecule has 27 heavy (non-hydrogen) atoms. The molecule has 0 aromatic heterocycles. The Balaban J connectivity index is 2.07. The number of nitrogens with zero attached hydrogens (tertiary/aromatic N) is 3. The molecule has 1 atom stereocenters. The van der Waals surface area contributed by atoms with Crippen LogP contribution in [0.5, 0.6) is 5.75 Å². The van der Waals surface area contributed by atoms with Gasteiger partial charge >= 0.3 is 6.09 Å². The summed E-state index contributed by atoms with van der Waals surface area (Å²) in [6.45, 7) is 6.77. The fourth-order valence-corrected chi connectivity index (χ4v) is 2.80. The average Bonchev–Trinajstić information content (AvgIpc) is 2.59. The van der Waals surface area contributed by atoms with E-state index in [0.29, 0.717) is 24.4 Å². The Hall–Kier alpha value is -2.68. The molecule has 1 unspecified atom stereocenters. The van der Waals surface area contributed by atoms with Gasteiger partial charge in [-0.1, -0.05) is 0 Å².